The van der Waals surface area contributed by atoms with Crippen molar-refractivity contribution in [2.45, 2.75) is 12.5 Å². The van der Waals surface area contributed by atoms with E-state index in [9.17, 15) is 4.79 Å². The van der Waals surface area contributed by atoms with Crippen molar-refractivity contribution in [1.29, 1.82) is 0 Å². The molecule has 2 N–H and O–H groups in total. The molecular weight excluding hydrogens is 204 g/mol. The van der Waals surface area contributed by atoms with Gasteiger partial charge in [-0.15, -0.1) is 0 Å². The van der Waals surface area contributed by atoms with Crippen LogP contribution in [0.1, 0.15) is 6.42 Å². The highest BCUT2D eigenvalue weighted by Crippen LogP contribution is 2.21. The molecule has 0 aliphatic carbocycles. The molecule has 2 rings (SSSR count). The lowest BCUT2D eigenvalue weighted by atomic mass is 10.1. The predicted octanol–water partition coefficient (Wildman–Crippen LogP) is 0.767. The second-order valence-electron chi connectivity index (χ2n) is 3.85. The summed E-state index contributed by atoms with van der Waals surface area (Å²) in [6, 6.07) is 9.73. The summed E-state index contributed by atoms with van der Waals surface area (Å²) in [7, 11) is 0. The van der Waals surface area contributed by atoms with E-state index in [0.29, 0.717) is 13.2 Å². The quantitative estimate of drug-likeness (QED) is 0.818. The number of nitrogens with zero attached hydrogens (tertiary/aromatic N) is 1. The molecule has 1 aromatic rings. The molecule has 1 saturated heterocycles. The summed E-state index contributed by atoms with van der Waals surface area (Å²) in [4.78, 5) is 13.6. The van der Waals surface area contributed by atoms with Gasteiger partial charge in [0.15, 0.2) is 0 Å². The van der Waals surface area contributed by atoms with Crippen LogP contribution in [0.4, 0.5) is 5.69 Å². The van der Waals surface area contributed by atoms with Gasteiger partial charge in [-0.1, -0.05) is 18.2 Å². The summed E-state index contributed by atoms with van der Waals surface area (Å²) in [5.41, 5.74) is 6.48. The Bertz CT molecular complexity index is 351. The Morgan fingerprint density at radius 1 is 1.38 bits per heavy atom. The van der Waals surface area contributed by atoms with Crippen LogP contribution in [0.15, 0.2) is 30.3 Å². The van der Waals surface area contributed by atoms with Gasteiger partial charge in [0.1, 0.15) is 6.61 Å². The van der Waals surface area contributed by atoms with Crippen molar-refractivity contribution in [3.8, 4) is 0 Å². The van der Waals surface area contributed by atoms with E-state index in [1.54, 1.807) is 4.90 Å². The molecule has 1 aliphatic heterocycles. The zero-order valence-electron chi connectivity index (χ0n) is 9.13. The third-order valence-electron chi connectivity index (χ3n) is 2.70. The Kier molecular flexibility index (Phi) is 3.54. The number of anilines is 1. The van der Waals surface area contributed by atoms with Crippen LogP contribution < -0.4 is 10.6 Å². The van der Waals surface area contributed by atoms with Gasteiger partial charge >= 0.3 is 0 Å². The number of ether oxygens (including phenoxy) is 1. The van der Waals surface area contributed by atoms with Gasteiger partial charge in [0, 0.05) is 5.69 Å². The number of carbonyl (C=O) groups excluding carboxylic acids is 1. The van der Waals surface area contributed by atoms with E-state index in [2.05, 4.69) is 0 Å². The highest BCUT2D eigenvalue weighted by molar-refractivity contribution is 5.95. The Balaban J connectivity index is 2.23. The molecule has 4 heteroatoms. The lowest BCUT2D eigenvalue weighted by Gasteiger charge is -2.35. The van der Waals surface area contributed by atoms with Crippen LogP contribution in [0.25, 0.3) is 0 Å². The van der Waals surface area contributed by atoms with Crippen molar-refractivity contribution in [2.75, 3.05) is 24.7 Å². The van der Waals surface area contributed by atoms with Crippen LogP contribution in [0.3, 0.4) is 0 Å². The van der Waals surface area contributed by atoms with E-state index in [0.717, 1.165) is 12.1 Å². The molecule has 1 fully saturated rings. The average Bonchev–Trinajstić information content (AvgIpc) is 2.31. The van der Waals surface area contributed by atoms with Crippen LogP contribution in [0.2, 0.25) is 0 Å². The minimum Gasteiger partial charge on any atom is -0.369 e. The average molecular weight is 220 g/mol. The largest absolute Gasteiger partial charge is 0.369 e. The zero-order valence-corrected chi connectivity index (χ0v) is 9.13. The van der Waals surface area contributed by atoms with Crippen molar-refractivity contribution < 1.29 is 9.53 Å². The Labute approximate surface area is 95.0 Å². The summed E-state index contributed by atoms with van der Waals surface area (Å²) in [5, 5.41) is 0. The summed E-state index contributed by atoms with van der Waals surface area (Å²) in [6.07, 6.45) is 0.765. The molecule has 1 atom stereocenters. The van der Waals surface area contributed by atoms with E-state index in [1.807, 2.05) is 30.3 Å². The third-order valence-corrected chi connectivity index (χ3v) is 2.70. The van der Waals surface area contributed by atoms with Crippen LogP contribution in [-0.2, 0) is 9.53 Å². The number of rotatable bonds is 3. The first-order chi connectivity index (χ1) is 7.83. The molecule has 0 aromatic heterocycles. The Hall–Kier alpha value is -1.39. The molecule has 0 bridgehead atoms. The molecule has 86 valence electrons. The van der Waals surface area contributed by atoms with E-state index in [4.69, 9.17) is 10.5 Å². The number of carbonyl (C=O) groups is 1. The zero-order chi connectivity index (χ0) is 11.4. The highest BCUT2D eigenvalue weighted by Gasteiger charge is 2.29. The SMILES string of the molecule is NCCC1COCC(=O)N1c1ccccc1. The van der Waals surface area contributed by atoms with Gasteiger partial charge < -0.3 is 15.4 Å². The summed E-state index contributed by atoms with van der Waals surface area (Å²) >= 11 is 0. The first-order valence-electron chi connectivity index (χ1n) is 5.48. The highest BCUT2D eigenvalue weighted by atomic mass is 16.5. The fourth-order valence-corrected chi connectivity index (χ4v) is 1.98. The van der Waals surface area contributed by atoms with Crippen molar-refractivity contribution in [3.05, 3.63) is 30.3 Å². The fraction of sp³-hybridized carbons (Fsp3) is 0.417. The van der Waals surface area contributed by atoms with Gasteiger partial charge in [0.05, 0.1) is 12.6 Å². The van der Waals surface area contributed by atoms with Crippen LogP contribution >= 0.6 is 0 Å². The summed E-state index contributed by atoms with van der Waals surface area (Å²) in [6.45, 7) is 1.29. The van der Waals surface area contributed by atoms with Gasteiger partial charge in [-0.25, -0.2) is 0 Å². The lowest BCUT2D eigenvalue weighted by molar-refractivity contribution is -0.127. The minimum atomic E-state index is 0.0101. The van der Waals surface area contributed by atoms with E-state index in [1.165, 1.54) is 0 Å². The van der Waals surface area contributed by atoms with Crippen molar-refractivity contribution in [3.63, 3.8) is 0 Å². The molecule has 1 amide bonds. The number of hydrogen-bond acceptors (Lipinski definition) is 3. The van der Waals surface area contributed by atoms with E-state index in [-0.39, 0.29) is 18.6 Å². The van der Waals surface area contributed by atoms with E-state index < -0.39 is 0 Å². The normalized spacial score (nSPS) is 21.2. The molecule has 4 nitrogen and oxygen atoms in total. The summed E-state index contributed by atoms with van der Waals surface area (Å²) < 4.78 is 5.25. The van der Waals surface area contributed by atoms with Gasteiger partial charge in [-0.2, -0.15) is 0 Å². The van der Waals surface area contributed by atoms with Crippen LogP contribution in [-0.4, -0.2) is 31.7 Å². The van der Waals surface area contributed by atoms with E-state index >= 15 is 0 Å². The maximum Gasteiger partial charge on any atom is 0.253 e. The topological polar surface area (TPSA) is 55.6 Å². The molecule has 0 saturated carbocycles. The van der Waals surface area contributed by atoms with Crippen molar-refractivity contribution in [1.82, 2.24) is 0 Å². The molecule has 0 radical (unpaired) electrons. The Morgan fingerprint density at radius 2 is 2.12 bits per heavy atom. The van der Waals surface area contributed by atoms with Crippen molar-refractivity contribution >= 4 is 11.6 Å². The first kappa shape index (κ1) is 11.1. The maximum atomic E-state index is 11.8. The monoisotopic (exact) mass is 220 g/mol. The molecule has 1 unspecified atom stereocenters. The lowest BCUT2D eigenvalue weighted by Crippen LogP contribution is -2.50. The number of amides is 1. The van der Waals surface area contributed by atoms with Crippen molar-refractivity contribution in [2.24, 2.45) is 5.73 Å². The van der Waals surface area contributed by atoms with Crippen LogP contribution in [0, 0.1) is 0 Å². The van der Waals surface area contributed by atoms with Gasteiger partial charge in [0.2, 0.25) is 0 Å². The van der Waals surface area contributed by atoms with Crippen LogP contribution in [0.5, 0.6) is 0 Å². The first-order valence-corrected chi connectivity index (χ1v) is 5.48. The number of benzene rings is 1. The second-order valence-corrected chi connectivity index (χ2v) is 3.85. The minimum absolute atomic E-state index is 0.0101. The summed E-state index contributed by atoms with van der Waals surface area (Å²) in [5.74, 6) is 0.0101. The van der Waals surface area contributed by atoms with Gasteiger partial charge in [0.25, 0.3) is 5.91 Å². The smallest absolute Gasteiger partial charge is 0.253 e. The van der Waals surface area contributed by atoms with Gasteiger partial charge in [-0.3, -0.25) is 4.79 Å². The molecule has 1 aliphatic rings. The number of hydrogen-bond donors (Lipinski definition) is 1. The van der Waals surface area contributed by atoms with Gasteiger partial charge in [-0.05, 0) is 25.1 Å². The third kappa shape index (κ3) is 2.23. The number of nitrogens with two attached hydrogens (primary N) is 1. The number of para-hydroxylation sites is 1. The number of morpholine rings is 1. The maximum absolute atomic E-state index is 11.8. The molecule has 1 heterocycles. The molecule has 1 aromatic carbocycles. The molecular formula is C12H16N2O2. The molecule has 0 spiro atoms. The Morgan fingerprint density at radius 3 is 2.81 bits per heavy atom. The standard InChI is InChI=1S/C12H16N2O2/c13-7-6-11-8-16-9-12(15)14(11)10-4-2-1-3-5-10/h1-5,11H,6-9,13H2. The second kappa shape index (κ2) is 5.09. The predicted molar refractivity (Wildman–Crippen MR) is 62.2 cm³/mol. The molecule has 16 heavy (non-hydrogen) atoms. The fourth-order valence-electron chi connectivity index (χ4n) is 1.98.